The van der Waals surface area contributed by atoms with Crippen LogP contribution in [0.25, 0.3) is 10.9 Å². The van der Waals surface area contributed by atoms with Crippen molar-refractivity contribution in [3.8, 4) is 11.5 Å². The lowest BCUT2D eigenvalue weighted by molar-refractivity contribution is 0.102. The van der Waals surface area contributed by atoms with E-state index >= 15 is 0 Å². The molecule has 0 fully saturated rings. The molecule has 1 amide bonds. The molecule has 3 aromatic rings. The molecule has 25 heavy (non-hydrogen) atoms. The zero-order valence-electron chi connectivity index (χ0n) is 14.5. The van der Waals surface area contributed by atoms with E-state index in [1.54, 1.807) is 7.11 Å². The standard InChI is InChI=1S/C20H20N2O3/c1-4-25-19-8-6-5-7-17(19)22-20(23)16-11-14-9-10-15(24-3)12-18(14)21-13(16)2/h5-12H,4H2,1-3H3,(H,22,23). The van der Waals surface area contributed by atoms with Gasteiger partial charge in [0, 0.05) is 11.5 Å². The number of nitrogens with zero attached hydrogens (tertiary/aromatic N) is 1. The largest absolute Gasteiger partial charge is 0.497 e. The predicted octanol–water partition coefficient (Wildman–Crippen LogP) is 4.20. The van der Waals surface area contributed by atoms with Crippen LogP contribution in [0.5, 0.6) is 11.5 Å². The second-order valence-electron chi connectivity index (χ2n) is 5.56. The number of benzene rings is 2. The van der Waals surface area contributed by atoms with Gasteiger partial charge in [-0.05, 0) is 44.2 Å². The quantitative estimate of drug-likeness (QED) is 0.758. The summed E-state index contributed by atoms with van der Waals surface area (Å²) in [6.45, 7) is 4.26. The van der Waals surface area contributed by atoms with Crippen LogP contribution in [0.3, 0.4) is 0 Å². The van der Waals surface area contributed by atoms with E-state index in [0.29, 0.717) is 29.3 Å². The van der Waals surface area contributed by atoms with Gasteiger partial charge in [-0.1, -0.05) is 12.1 Å². The molecular weight excluding hydrogens is 316 g/mol. The number of amides is 1. The van der Waals surface area contributed by atoms with Crippen LogP contribution in [0.1, 0.15) is 23.0 Å². The smallest absolute Gasteiger partial charge is 0.257 e. The predicted molar refractivity (Wildman–Crippen MR) is 98.6 cm³/mol. The molecule has 1 N–H and O–H groups in total. The fraction of sp³-hybridized carbons (Fsp3) is 0.200. The van der Waals surface area contributed by atoms with Gasteiger partial charge in [-0.25, -0.2) is 0 Å². The molecule has 1 heterocycles. The number of anilines is 1. The molecule has 3 rings (SSSR count). The lowest BCUT2D eigenvalue weighted by Crippen LogP contribution is -2.15. The zero-order chi connectivity index (χ0) is 17.8. The Morgan fingerprint density at radius 3 is 2.72 bits per heavy atom. The van der Waals surface area contributed by atoms with Gasteiger partial charge in [0.1, 0.15) is 11.5 Å². The van der Waals surface area contributed by atoms with E-state index in [-0.39, 0.29) is 5.91 Å². The van der Waals surface area contributed by atoms with Crippen LogP contribution in [0.4, 0.5) is 5.69 Å². The highest BCUT2D eigenvalue weighted by atomic mass is 16.5. The molecule has 128 valence electrons. The van der Waals surface area contributed by atoms with E-state index in [4.69, 9.17) is 9.47 Å². The normalized spacial score (nSPS) is 10.5. The molecule has 0 saturated heterocycles. The van der Waals surface area contributed by atoms with Gasteiger partial charge in [0.25, 0.3) is 5.91 Å². The van der Waals surface area contributed by atoms with Crippen molar-refractivity contribution in [2.45, 2.75) is 13.8 Å². The first-order valence-corrected chi connectivity index (χ1v) is 8.11. The average molecular weight is 336 g/mol. The van der Waals surface area contributed by atoms with E-state index in [1.807, 2.05) is 62.4 Å². The summed E-state index contributed by atoms with van der Waals surface area (Å²) in [5.41, 5.74) is 2.63. The van der Waals surface area contributed by atoms with Gasteiger partial charge in [0.05, 0.1) is 36.2 Å². The first-order valence-electron chi connectivity index (χ1n) is 8.11. The monoisotopic (exact) mass is 336 g/mol. The molecule has 0 unspecified atom stereocenters. The fourth-order valence-corrected chi connectivity index (χ4v) is 2.64. The van der Waals surface area contributed by atoms with Crippen LogP contribution in [-0.2, 0) is 0 Å². The van der Waals surface area contributed by atoms with Crippen LogP contribution in [-0.4, -0.2) is 24.6 Å². The Balaban J connectivity index is 1.93. The highest BCUT2D eigenvalue weighted by molar-refractivity contribution is 6.07. The SMILES string of the molecule is CCOc1ccccc1NC(=O)c1cc2ccc(OC)cc2nc1C. The van der Waals surface area contributed by atoms with Crippen molar-refractivity contribution >= 4 is 22.5 Å². The minimum atomic E-state index is -0.213. The molecule has 0 aliphatic rings. The molecule has 0 atom stereocenters. The molecular formula is C20H20N2O3. The van der Waals surface area contributed by atoms with Gasteiger partial charge in [0.15, 0.2) is 0 Å². The third-order valence-electron chi connectivity index (χ3n) is 3.90. The molecule has 0 radical (unpaired) electrons. The summed E-state index contributed by atoms with van der Waals surface area (Å²) in [5, 5.41) is 3.80. The minimum Gasteiger partial charge on any atom is -0.497 e. The molecule has 0 aliphatic heterocycles. The number of pyridine rings is 1. The summed E-state index contributed by atoms with van der Waals surface area (Å²) in [5.74, 6) is 1.17. The number of hydrogen-bond acceptors (Lipinski definition) is 4. The van der Waals surface area contributed by atoms with E-state index in [2.05, 4.69) is 10.3 Å². The van der Waals surface area contributed by atoms with Gasteiger partial charge in [-0.3, -0.25) is 9.78 Å². The molecule has 0 aliphatic carbocycles. The van der Waals surface area contributed by atoms with Crippen LogP contribution >= 0.6 is 0 Å². The maximum Gasteiger partial charge on any atom is 0.257 e. The van der Waals surface area contributed by atoms with Gasteiger partial charge in [-0.2, -0.15) is 0 Å². The summed E-state index contributed by atoms with van der Waals surface area (Å²) >= 11 is 0. The van der Waals surface area contributed by atoms with Crippen molar-refractivity contribution < 1.29 is 14.3 Å². The van der Waals surface area contributed by atoms with Crippen molar-refractivity contribution in [3.05, 3.63) is 59.8 Å². The number of hydrogen-bond donors (Lipinski definition) is 1. The van der Waals surface area contributed by atoms with Crippen molar-refractivity contribution in [2.75, 3.05) is 19.0 Å². The zero-order valence-corrected chi connectivity index (χ0v) is 14.5. The number of carbonyl (C=O) groups excluding carboxylic acids is 1. The van der Waals surface area contributed by atoms with Gasteiger partial charge in [-0.15, -0.1) is 0 Å². The van der Waals surface area contributed by atoms with E-state index in [9.17, 15) is 4.79 Å². The molecule has 0 bridgehead atoms. The minimum absolute atomic E-state index is 0.213. The number of rotatable bonds is 5. The molecule has 0 spiro atoms. The van der Waals surface area contributed by atoms with E-state index in [0.717, 1.165) is 16.7 Å². The number of nitrogens with one attached hydrogen (secondary N) is 1. The molecule has 5 nitrogen and oxygen atoms in total. The Kier molecular flexibility index (Phi) is 4.84. The number of aromatic nitrogens is 1. The topological polar surface area (TPSA) is 60.5 Å². The second kappa shape index (κ2) is 7.21. The molecule has 0 saturated carbocycles. The summed E-state index contributed by atoms with van der Waals surface area (Å²) in [6, 6.07) is 14.8. The molecule has 5 heteroatoms. The van der Waals surface area contributed by atoms with Crippen LogP contribution < -0.4 is 14.8 Å². The first kappa shape index (κ1) is 16.8. The maximum absolute atomic E-state index is 12.7. The second-order valence-corrected chi connectivity index (χ2v) is 5.56. The lowest BCUT2D eigenvalue weighted by atomic mass is 10.1. The van der Waals surface area contributed by atoms with Crippen molar-refractivity contribution in [3.63, 3.8) is 0 Å². The lowest BCUT2D eigenvalue weighted by Gasteiger charge is -2.13. The van der Waals surface area contributed by atoms with Crippen molar-refractivity contribution in [1.82, 2.24) is 4.98 Å². The fourth-order valence-electron chi connectivity index (χ4n) is 2.64. The number of aryl methyl sites for hydroxylation is 1. The number of para-hydroxylation sites is 2. The number of methoxy groups -OCH3 is 1. The van der Waals surface area contributed by atoms with Crippen molar-refractivity contribution in [2.24, 2.45) is 0 Å². The third kappa shape index (κ3) is 3.55. The first-order chi connectivity index (χ1) is 12.1. The highest BCUT2D eigenvalue weighted by Crippen LogP contribution is 2.26. The Morgan fingerprint density at radius 1 is 1.16 bits per heavy atom. The van der Waals surface area contributed by atoms with Crippen LogP contribution in [0, 0.1) is 6.92 Å². The van der Waals surface area contributed by atoms with E-state index in [1.165, 1.54) is 0 Å². The Bertz CT molecular complexity index is 922. The van der Waals surface area contributed by atoms with Gasteiger partial charge in [0.2, 0.25) is 0 Å². The maximum atomic E-state index is 12.7. The summed E-state index contributed by atoms with van der Waals surface area (Å²) < 4.78 is 10.8. The third-order valence-corrected chi connectivity index (χ3v) is 3.90. The molecule has 1 aromatic heterocycles. The summed E-state index contributed by atoms with van der Waals surface area (Å²) in [4.78, 5) is 17.3. The number of carbonyl (C=O) groups is 1. The number of ether oxygens (including phenoxy) is 2. The Hall–Kier alpha value is -3.08. The Morgan fingerprint density at radius 2 is 1.96 bits per heavy atom. The van der Waals surface area contributed by atoms with E-state index < -0.39 is 0 Å². The average Bonchev–Trinajstić information content (AvgIpc) is 2.62. The van der Waals surface area contributed by atoms with Crippen LogP contribution in [0.2, 0.25) is 0 Å². The van der Waals surface area contributed by atoms with Gasteiger partial charge >= 0.3 is 0 Å². The Labute approximate surface area is 146 Å². The summed E-state index contributed by atoms with van der Waals surface area (Å²) in [7, 11) is 1.62. The summed E-state index contributed by atoms with van der Waals surface area (Å²) in [6.07, 6.45) is 0. The van der Waals surface area contributed by atoms with Gasteiger partial charge < -0.3 is 14.8 Å². The van der Waals surface area contributed by atoms with Crippen LogP contribution in [0.15, 0.2) is 48.5 Å². The number of fused-ring (bicyclic) bond motifs is 1. The molecule has 2 aromatic carbocycles. The highest BCUT2D eigenvalue weighted by Gasteiger charge is 2.14. The van der Waals surface area contributed by atoms with Crippen molar-refractivity contribution in [1.29, 1.82) is 0 Å².